The zero-order valence-electron chi connectivity index (χ0n) is 11.0. The second-order valence-electron chi connectivity index (χ2n) is 4.37. The van der Waals surface area contributed by atoms with Gasteiger partial charge >= 0.3 is 0 Å². The van der Waals surface area contributed by atoms with E-state index in [0.717, 1.165) is 0 Å². The topological polar surface area (TPSA) is 71.2 Å². The van der Waals surface area contributed by atoms with Gasteiger partial charge in [0.05, 0.1) is 5.69 Å². The van der Waals surface area contributed by atoms with E-state index >= 15 is 0 Å². The normalized spacial score (nSPS) is 10.2. The van der Waals surface area contributed by atoms with Crippen LogP contribution in [0.4, 0.5) is 10.1 Å². The van der Waals surface area contributed by atoms with Gasteiger partial charge in [0.25, 0.3) is 5.91 Å². The fourth-order valence-corrected chi connectivity index (χ4v) is 1.81. The lowest BCUT2D eigenvalue weighted by molar-refractivity contribution is 0.0779. The number of carbonyl (C=O) groups is 1. The van der Waals surface area contributed by atoms with Gasteiger partial charge in [-0.15, -0.1) is 0 Å². The molecule has 20 heavy (non-hydrogen) atoms. The van der Waals surface area contributed by atoms with E-state index in [1.54, 1.807) is 31.3 Å². The van der Waals surface area contributed by atoms with E-state index in [9.17, 15) is 9.18 Å². The van der Waals surface area contributed by atoms with Crippen molar-refractivity contribution in [2.24, 2.45) is 5.84 Å². The number of nitrogen functional groups attached to an aromatic ring is 1. The minimum absolute atomic E-state index is 0.258. The smallest absolute Gasteiger partial charge is 0.272 e. The van der Waals surface area contributed by atoms with Gasteiger partial charge in [-0.2, -0.15) is 0 Å². The Balaban J connectivity index is 2.12. The number of aromatic nitrogens is 1. The summed E-state index contributed by atoms with van der Waals surface area (Å²) in [6.07, 6.45) is 1.50. The Morgan fingerprint density at radius 1 is 1.40 bits per heavy atom. The molecule has 0 bridgehead atoms. The summed E-state index contributed by atoms with van der Waals surface area (Å²) in [5.74, 6) is 4.71. The molecule has 0 aliphatic rings. The number of halogens is 1. The van der Waals surface area contributed by atoms with E-state index in [4.69, 9.17) is 5.84 Å². The van der Waals surface area contributed by atoms with Crippen LogP contribution in [0.3, 0.4) is 0 Å². The van der Waals surface area contributed by atoms with E-state index in [-0.39, 0.29) is 17.4 Å². The first-order valence-corrected chi connectivity index (χ1v) is 6.02. The summed E-state index contributed by atoms with van der Waals surface area (Å²) in [5, 5.41) is 0. The molecule has 0 unspecified atom stereocenters. The average Bonchev–Trinajstić information content (AvgIpc) is 2.46. The number of amides is 1. The molecule has 0 atom stereocenters. The lowest BCUT2D eigenvalue weighted by Crippen LogP contribution is -2.27. The standard InChI is InChI=1S/C14H15FN4O/c1-19(9-10-3-2-4-11(15)7-10)14(20)13-8-12(18-16)5-6-17-13/h2-8H,9,16H2,1H3,(H,17,18). The van der Waals surface area contributed by atoms with Crippen molar-refractivity contribution in [3.05, 3.63) is 59.7 Å². The molecule has 0 aliphatic carbocycles. The SMILES string of the molecule is CN(Cc1cccc(F)c1)C(=O)c1cc(NN)ccn1. The number of hydrogen-bond acceptors (Lipinski definition) is 4. The molecule has 104 valence electrons. The van der Waals surface area contributed by atoms with Crippen LogP contribution in [-0.2, 0) is 6.54 Å². The molecule has 0 aliphatic heterocycles. The van der Waals surface area contributed by atoms with Crippen molar-refractivity contribution in [3.8, 4) is 0 Å². The largest absolute Gasteiger partial charge is 0.336 e. The number of hydrazine groups is 1. The fraction of sp³-hybridized carbons (Fsp3) is 0.143. The predicted octanol–water partition coefficient (Wildman–Crippen LogP) is 1.78. The summed E-state index contributed by atoms with van der Waals surface area (Å²) in [7, 11) is 1.64. The predicted molar refractivity (Wildman–Crippen MR) is 74.2 cm³/mol. The monoisotopic (exact) mass is 274 g/mol. The van der Waals surface area contributed by atoms with Crippen LogP contribution < -0.4 is 11.3 Å². The fourth-order valence-electron chi connectivity index (χ4n) is 1.81. The first kappa shape index (κ1) is 14.0. The highest BCUT2D eigenvalue weighted by atomic mass is 19.1. The minimum Gasteiger partial charge on any atom is -0.336 e. The van der Waals surface area contributed by atoms with E-state index < -0.39 is 0 Å². The van der Waals surface area contributed by atoms with Crippen LogP contribution in [0, 0.1) is 5.82 Å². The first-order valence-electron chi connectivity index (χ1n) is 6.02. The number of hydrogen-bond donors (Lipinski definition) is 2. The number of rotatable bonds is 4. The van der Waals surface area contributed by atoms with Crippen molar-refractivity contribution in [2.45, 2.75) is 6.54 Å². The molecule has 2 aromatic rings. The van der Waals surface area contributed by atoms with Crippen molar-refractivity contribution >= 4 is 11.6 Å². The number of nitrogens with two attached hydrogens (primary N) is 1. The van der Waals surface area contributed by atoms with Gasteiger partial charge in [-0.05, 0) is 29.8 Å². The molecule has 6 heteroatoms. The van der Waals surface area contributed by atoms with Gasteiger partial charge in [0, 0.05) is 19.8 Å². The van der Waals surface area contributed by atoms with Crippen LogP contribution in [-0.4, -0.2) is 22.8 Å². The minimum atomic E-state index is -0.323. The molecular weight excluding hydrogens is 259 g/mol. The lowest BCUT2D eigenvalue weighted by Gasteiger charge is -2.17. The van der Waals surface area contributed by atoms with Gasteiger partial charge in [-0.25, -0.2) is 4.39 Å². The van der Waals surface area contributed by atoms with Crippen molar-refractivity contribution in [1.82, 2.24) is 9.88 Å². The van der Waals surface area contributed by atoms with E-state index in [0.29, 0.717) is 17.8 Å². The highest BCUT2D eigenvalue weighted by molar-refractivity contribution is 5.92. The summed E-state index contributed by atoms with van der Waals surface area (Å²) in [6, 6.07) is 9.35. The molecule has 0 spiro atoms. The summed E-state index contributed by atoms with van der Waals surface area (Å²) in [5.41, 5.74) is 4.05. The second-order valence-corrected chi connectivity index (χ2v) is 4.37. The molecule has 0 radical (unpaired) electrons. The summed E-state index contributed by atoms with van der Waals surface area (Å²) in [6.45, 7) is 0.304. The maximum atomic E-state index is 13.1. The highest BCUT2D eigenvalue weighted by Crippen LogP contribution is 2.11. The van der Waals surface area contributed by atoms with Gasteiger partial charge in [0.15, 0.2) is 0 Å². The summed E-state index contributed by atoms with van der Waals surface area (Å²) >= 11 is 0. The zero-order valence-corrected chi connectivity index (χ0v) is 11.0. The number of anilines is 1. The molecule has 0 saturated carbocycles. The van der Waals surface area contributed by atoms with Crippen molar-refractivity contribution < 1.29 is 9.18 Å². The Morgan fingerprint density at radius 3 is 2.90 bits per heavy atom. The van der Waals surface area contributed by atoms with Gasteiger partial charge < -0.3 is 10.3 Å². The van der Waals surface area contributed by atoms with E-state index in [1.807, 2.05) is 0 Å². The third-order valence-electron chi connectivity index (χ3n) is 2.80. The van der Waals surface area contributed by atoms with Gasteiger partial charge in [0.2, 0.25) is 0 Å². The van der Waals surface area contributed by atoms with Gasteiger partial charge in [0.1, 0.15) is 11.5 Å². The Labute approximate surface area is 116 Å². The second kappa shape index (κ2) is 6.12. The van der Waals surface area contributed by atoms with E-state index in [2.05, 4.69) is 10.4 Å². The lowest BCUT2D eigenvalue weighted by atomic mass is 10.2. The van der Waals surface area contributed by atoms with Gasteiger partial charge in [-0.3, -0.25) is 15.6 Å². The maximum Gasteiger partial charge on any atom is 0.272 e. The number of nitrogens with zero attached hydrogens (tertiary/aromatic N) is 2. The maximum absolute atomic E-state index is 13.1. The number of carbonyl (C=O) groups excluding carboxylic acids is 1. The zero-order chi connectivity index (χ0) is 14.5. The Kier molecular flexibility index (Phi) is 4.27. The molecule has 2 rings (SSSR count). The van der Waals surface area contributed by atoms with Crippen LogP contribution in [0.15, 0.2) is 42.6 Å². The van der Waals surface area contributed by atoms with Gasteiger partial charge in [-0.1, -0.05) is 12.1 Å². The van der Waals surface area contributed by atoms with Crippen molar-refractivity contribution in [2.75, 3.05) is 12.5 Å². The number of benzene rings is 1. The van der Waals surface area contributed by atoms with Crippen LogP contribution in [0.1, 0.15) is 16.1 Å². The van der Waals surface area contributed by atoms with Crippen LogP contribution in [0.5, 0.6) is 0 Å². The molecule has 1 aromatic heterocycles. The number of pyridine rings is 1. The van der Waals surface area contributed by atoms with Crippen LogP contribution in [0.25, 0.3) is 0 Å². The third kappa shape index (κ3) is 3.30. The Bertz CT molecular complexity index is 618. The average molecular weight is 274 g/mol. The quantitative estimate of drug-likeness (QED) is 0.658. The first-order chi connectivity index (χ1) is 9.60. The van der Waals surface area contributed by atoms with Crippen LogP contribution in [0.2, 0.25) is 0 Å². The molecule has 1 heterocycles. The summed E-state index contributed by atoms with van der Waals surface area (Å²) < 4.78 is 13.1. The molecule has 0 saturated heterocycles. The van der Waals surface area contributed by atoms with Crippen LogP contribution >= 0.6 is 0 Å². The summed E-state index contributed by atoms with van der Waals surface area (Å²) in [4.78, 5) is 17.7. The Hall–Kier alpha value is -2.47. The third-order valence-corrected chi connectivity index (χ3v) is 2.80. The van der Waals surface area contributed by atoms with E-state index in [1.165, 1.54) is 23.2 Å². The molecule has 0 fully saturated rings. The highest BCUT2D eigenvalue weighted by Gasteiger charge is 2.14. The number of nitrogens with one attached hydrogen (secondary N) is 1. The van der Waals surface area contributed by atoms with Crippen molar-refractivity contribution in [1.29, 1.82) is 0 Å². The molecule has 5 nitrogen and oxygen atoms in total. The molecule has 1 amide bonds. The molecule has 1 aromatic carbocycles. The molecular formula is C14H15FN4O. The molecule has 3 N–H and O–H groups in total. The Morgan fingerprint density at radius 2 is 2.20 bits per heavy atom. The van der Waals surface area contributed by atoms with Crippen molar-refractivity contribution in [3.63, 3.8) is 0 Å².